The Bertz CT molecular complexity index is 698. The Kier molecular flexibility index (Phi) is 4.45. The second kappa shape index (κ2) is 6.34. The van der Waals surface area contributed by atoms with Crippen LogP contribution in [0.3, 0.4) is 0 Å². The smallest absolute Gasteiger partial charge is 0.235 e. The van der Waals surface area contributed by atoms with E-state index in [2.05, 4.69) is 24.3 Å². The summed E-state index contributed by atoms with van der Waals surface area (Å²) in [5.41, 5.74) is 2.08. The van der Waals surface area contributed by atoms with Crippen LogP contribution < -0.4 is 5.32 Å². The Morgan fingerprint density at radius 3 is 2.95 bits per heavy atom. The van der Waals surface area contributed by atoms with Crippen molar-refractivity contribution >= 4 is 35.1 Å². The van der Waals surface area contributed by atoms with Gasteiger partial charge in [-0.2, -0.15) is 5.10 Å². The summed E-state index contributed by atoms with van der Waals surface area (Å²) in [6.45, 7) is 4.88. The maximum atomic E-state index is 12.0. The topological polar surface area (TPSA) is 46.9 Å². The Labute approximate surface area is 139 Å². The number of carbonyl (C=O) groups is 1. The number of nitrogens with one attached hydrogen (secondary N) is 1. The first-order valence-electron chi connectivity index (χ1n) is 7.27. The van der Waals surface area contributed by atoms with Gasteiger partial charge in [0.25, 0.3) is 0 Å². The number of aromatic nitrogens is 2. The van der Waals surface area contributed by atoms with E-state index in [1.807, 2.05) is 35.1 Å². The summed E-state index contributed by atoms with van der Waals surface area (Å²) < 4.78 is 1.83. The molecule has 2 aromatic rings. The van der Waals surface area contributed by atoms with Gasteiger partial charge in [-0.3, -0.25) is 4.79 Å². The Balaban J connectivity index is 1.98. The van der Waals surface area contributed by atoms with Gasteiger partial charge in [-0.1, -0.05) is 43.6 Å². The Morgan fingerprint density at radius 1 is 1.45 bits per heavy atom. The van der Waals surface area contributed by atoms with Crippen molar-refractivity contribution in [3.05, 3.63) is 46.6 Å². The highest BCUT2D eigenvalue weighted by Crippen LogP contribution is 2.41. The van der Waals surface area contributed by atoms with Crippen LogP contribution in [0, 0.1) is 5.92 Å². The lowest BCUT2D eigenvalue weighted by Crippen LogP contribution is -2.17. The van der Waals surface area contributed by atoms with Crippen LogP contribution in [0.15, 0.2) is 30.5 Å². The van der Waals surface area contributed by atoms with Gasteiger partial charge in [-0.15, -0.1) is 11.8 Å². The van der Waals surface area contributed by atoms with Crippen molar-refractivity contribution in [3.63, 3.8) is 0 Å². The number of nitrogens with zero attached hydrogens (tertiary/aromatic N) is 2. The molecule has 1 atom stereocenters. The number of carbonyl (C=O) groups excluding carboxylic acids is 1. The van der Waals surface area contributed by atoms with Crippen LogP contribution in [0.4, 0.5) is 5.82 Å². The van der Waals surface area contributed by atoms with Crippen LogP contribution in [0.2, 0.25) is 5.02 Å². The second-order valence-electron chi connectivity index (χ2n) is 5.72. The molecule has 1 N–H and O–H groups in total. The molecule has 6 heteroatoms. The number of rotatable bonds is 3. The molecule has 0 fully saturated rings. The van der Waals surface area contributed by atoms with Gasteiger partial charge in [-0.05, 0) is 17.5 Å². The molecule has 0 bridgehead atoms. The largest absolute Gasteiger partial charge is 0.310 e. The van der Waals surface area contributed by atoms with E-state index in [1.54, 1.807) is 11.8 Å². The van der Waals surface area contributed by atoms with Crippen LogP contribution in [0.25, 0.3) is 0 Å². The molecular formula is C16H18ClN3OS. The molecule has 1 aromatic carbocycles. The minimum atomic E-state index is 0.0234. The molecule has 0 saturated heterocycles. The monoisotopic (exact) mass is 335 g/mol. The van der Waals surface area contributed by atoms with Crippen LogP contribution in [0.1, 0.15) is 30.2 Å². The molecule has 0 saturated carbocycles. The average Bonchev–Trinajstić information content (AvgIpc) is 2.76. The zero-order chi connectivity index (χ0) is 15.7. The van der Waals surface area contributed by atoms with E-state index in [9.17, 15) is 4.79 Å². The van der Waals surface area contributed by atoms with Crippen LogP contribution in [-0.4, -0.2) is 21.4 Å². The average molecular weight is 336 g/mol. The first-order chi connectivity index (χ1) is 10.6. The maximum absolute atomic E-state index is 12.0. The molecule has 2 heterocycles. The number of fused-ring (bicyclic) bond motifs is 1. The second-order valence-corrected chi connectivity index (χ2v) is 7.26. The van der Waals surface area contributed by atoms with Gasteiger partial charge >= 0.3 is 0 Å². The fourth-order valence-electron chi connectivity index (χ4n) is 2.63. The normalized spacial score (nSPS) is 18.0. The summed E-state index contributed by atoms with van der Waals surface area (Å²) >= 11 is 7.91. The zero-order valence-electron chi connectivity index (χ0n) is 12.5. The van der Waals surface area contributed by atoms with Gasteiger partial charge in [0.2, 0.25) is 5.91 Å². The molecule has 116 valence electrons. The fraction of sp³-hybridized carbons (Fsp3) is 0.375. The molecule has 3 rings (SSSR count). The fourth-order valence-corrected chi connectivity index (χ4v) is 3.96. The van der Waals surface area contributed by atoms with Crippen LogP contribution in [0.5, 0.6) is 0 Å². The molecule has 1 aliphatic rings. The summed E-state index contributed by atoms with van der Waals surface area (Å²) in [5, 5.41) is 8.45. The van der Waals surface area contributed by atoms with Gasteiger partial charge in [0.05, 0.1) is 18.5 Å². The van der Waals surface area contributed by atoms with E-state index in [1.165, 1.54) is 0 Å². The van der Waals surface area contributed by atoms with E-state index in [0.29, 0.717) is 23.2 Å². The minimum absolute atomic E-state index is 0.0234. The number of thioether (sulfide) groups is 1. The lowest BCUT2D eigenvalue weighted by molar-refractivity contribution is -0.113. The third-order valence-corrected chi connectivity index (χ3v) is 5.66. The standard InChI is InChI=1S/C16H18ClN3OS/c1-10(2)15-12-7-18-20(16(12)19-14(21)9-22-15)8-11-5-3-4-6-13(11)17/h3-7,10,15H,8-9H2,1-2H3,(H,19,21)/t15-/m1/s1. The molecule has 1 aromatic heterocycles. The molecular weight excluding hydrogens is 318 g/mol. The summed E-state index contributed by atoms with van der Waals surface area (Å²) in [4.78, 5) is 12.0. The number of halogens is 1. The lowest BCUT2D eigenvalue weighted by Gasteiger charge is -2.17. The highest BCUT2D eigenvalue weighted by atomic mass is 35.5. The molecule has 0 spiro atoms. The molecule has 1 amide bonds. The van der Waals surface area contributed by atoms with Crippen molar-refractivity contribution in [1.82, 2.24) is 9.78 Å². The quantitative estimate of drug-likeness (QED) is 0.923. The molecule has 0 aliphatic carbocycles. The van der Waals surface area contributed by atoms with E-state index in [0.717, 1.165) is 16.9 Å². The van der Waals surface area contributed by atoms with E-state index in [-0.39, 0.29) is 11.2 Å². The summed E-state index contributed by atoms with van der Waals surface area (Å²) in [6, 6.07) is 7.70. The van der Waals surface area contributed by atoms with Gasteiger partial charge in [0.1, 0.15) is 5.82 Å². The highest BCUT2D eigenvalue weighted by Gasteiger charge is 2.28. The first-order valence-corrected chi connectivity index (χ1v) is 8.69. The van der Waals surface area contributed by atoms with Crippen molar-refractivity contribution in [3.8, 4) is 0 Å². The number of benzene rings is 1. The lowest BCUT2D eigenvalue weighted by atomic mass is 10.0. The van der Waals surface area contributed by atoms with Crippen molar-refractivity contribution in [2.75, 3.05) is 11.1 Å². The Hall–Kier alpha value is -1.46. The first kappa shape index (κ1) is 15.4. The predicted molar refractivity (Wildman–Crippen MR) is 91.4 cm³/mol. The third kappa shape index (κ3) is 3.01. The third-order valence-electron chi connectivity index (χ3n) is 3.71. The SMILES string of the molecule is CC(C)[C@H]1SCC(=O)Nc2c1cnn2Cc1ccccc1Cl. The Morgan fingerprint density at radius 2 is 2.23 bits per heavy atom. The number of amides is 1. The minimum Gasteiger partial charge on any atom is -0.310 e. The number of anilines is 1. The maximum Gasteiger partial charge on any atom is 0.235 e. The van der Waals surface area contributed by atoms with Crippen molar-refractivity contribution < 1.29 is 4.79 Å². The molecule has 0 unspecified atom stereocenters. The summed E-state index contributed by atoms with van der Waals surface area (Å²) in [5.74, 6) is 1.74. The summed E-state index contributed by atoms with van der Waals surface area (Å²) in [6.07, 6.45) is 1.87. The molecule has 4 nitrogen and oxygen atoms in total. The van der Waals surface area contributed by atoms with Crippen molar-refractivity contribution in [2.45, 2.75) is 25.6 Å². The van der Waals surface area contributed by atoms with Crippen LogP contribution in [-0.2, 0) is 11.3 Å². The van der Waals surface area contributed by atoms with Gasteiger partial charge in [0.15, 0.2) is 0 Å². The molecule has 0 radical (unpaired) electrons. The van der Waals surface area contributed by atoms with Crippen LogP contribution >= 0.6 is 23.4 Å². The van der Waals surface area contributed by atoms with Crippen molar-refractivity contribution in [1.29, 1.82) is 0 Å². The van der Waals surface area contributed by atoms with E-state index < -0.39 is 0 Å². The molecule has 1 aliphatic heterocycles. The summed E-state index contributed by atoms with van der Waals surface area (Å²) in [7, 11) is 0. The zero-order valence-corrected chi connectivity index (χ0v) is 14.1. The van der Waals surface area contributed by atoms with Gasteiger partial charge in [0, 0.05) is 15.8 Å². The number of hydrogen-bond donors (Lipinski definition) is 1. The van der Waals surface area contributed by atoms with Gasteiger partial charge < -0.3 is 5.32 Å². The predicted octanol–water partition coefficient (Wildman–Crippen LogP) is 3.97. The highest BCUT2D eigenvalue weighted by molar-refractivity contribution is 8.00. The van der Waals surface area contributed by atoms with Gasteiger partial charge in [-0.25, -0.2) is 4.68 Å². The molecule has 22 heavy (non-hydrogen) atoms. The van der Waals surface area contributed by atoms with E-state index >= 15 is 0 Å². The number of hydrogen-bond acceptors (Lipinski definition) is 3. The van der Waals surface area contributed by atoms with Crippen molar-refractivity contribution in [2.24, 2.45) is 5.92 Å². The van der Waals surface area contributed by atoms with E-state index in [4.69, 9.17) is 11.6 Å².